The number of hydrogen-bond donors (Lipinski definition) is 0. The number of halogens is 1. The molecular formula is C14H12ClNO3. The minimum atomic E-state index is -0.536. The molecule has 0 unspecified atom stereocenters. The summed E-state index contributed by atoms with van der Waals surface area (Å²) in [4.78, 5) is 15.9. The fourth-order valence-corrected chi connectivity index (χ4v) is 1.94. The van der Waals surface area contributed by atoms with Gasteiger partial charge < -0.3 is 9.47 Å². The van der Waals surface area contributed by atoms with Gasteiger partial charge in [0.05, 0.1) is 24.9 Å². The van der Waals surface area contributed by atoms with Gasteiger partial charge in [-0.25, -0.2) is 9.78 Å². The molecule has 2 rings (SSSR count). The van der Waals surface area contributed by atoms with Crippen LogP contribution in [0.1, 0.15) is 10.4 Å². The first kappa shape index (κ1) is 13.4. The summed E-state index contributed by atoms with van der Waals surface area (Å²) < 4.78 is 9.78. The topological polar surface area (TPSA) is 48.4 Å². The van der Waals surface area contributed by atoms with Crippen molar-refractivity contribution in [1.82, 2.24) is 4.98 Å². The Labute approximate surface area is 115 Å². The Hall–Kier alpha value is -2.07. The number of pyridine rings is 1. The molecule has 19 heavy (non-hydrogen) atoms. The number of nitrogens with zero attached hydrogens (tertiary/aromatic N) is 1. The lowest BCUT2D eigenvalue weighted by Crippen LogP contribution is -2.06. The first-order valence-corrected chi connectivity index (χ1v) is 5.93. The second-order valence-electron chi connectivity index (χ2n) is 3.73. The zero-order chi connectivity index (χ0) is 13.8. The highest BCUT2D eigenvalue weighted by Gasteiger charge is 2.18. The van der Waals surface area contributed by atoms with Crippen LogP contribution in [0, 0.1) is 0 Å². The Bertz CT molecular complexity index is 599. The number of rotatable bonds is 3. The molecule has 0 N–H and O–H groups in total. The maximum absolute atomic E-state index is 11.6. The van der Waals surface area contributed by atoms with Crippen LogP contribution in [0.5, 0.6) is 5.88 Å². The summed E-state index contributed by atoms with van der Waals surface area (Å²) in [7, 11) is 2.73. The molecule has 0 aliphatic rings. The second kappa shape index (κ2) is 5.71. The minimum absolute atomic E-state index is 0.190. The molecule has 1 aromatic heterocycles. The Morgan fingerprint density at radius 3 is 2.47 bits per heavy atom. The first-order valence-electron chi connectivity index (χ1n) is 5.55. The van der Waals surface area contributed by atoms with Crippen molar-refractivity contribution in [2.45, 2.75) is 0 Å². The number of carbonyl (C=O) groups is 1. The molecular weight excluding hydrogens is 266 g/mol. The van der Waals surface area contributed by atoms with Gasteiger partial charge in [-0.05, 0) is 6.07 Å². The standard InChI is InChI=1S/C14H12ClNO3/c1-18-13-10(14(17)19-2)8-11(15)12(16-13)9-6-4-3-5-7-9/h3-8H,1-2H3. The lowest BCUT2D eigenvalue weighted by molar-refractivity contribution is 0.0596. The molecule has 5 heteroatoms. The first-order chi connectivity index (χ1) is 9.17. The molecule has 0 bridgehead atoms. The minimum Gasteiger partial charge on any atom is -0.480 e. The largest absolute Gasteiger partial charge is 0.480 e. The molecule has 0 saturated carbocycles. The highest BCUT2D eigenvalue weighted by molar-refractivity contribution is 6.33. The molecule has 0 aliphatic heterocycles. The van der Waals surface area contributed by atoms with E-state index in [0.29, 0.717) is 10.7 Å². The van der Waals surface area contributed by atoms with Gasteiger partial charge in [-0.1, -0.05) is 41.9 Å². The zero-order valence-electron chi connectivity index (χ0n) is 10.5. The van der Waals surface area contributed by atoms with Gasteiger partial charge in [0.25, 0.3) is 0 Å². The molecule has 0 atom stereocenters. The number of carbonyl (C=O) groups excluding carboxylic acids is 1. The van der Waals surface area contributed by atoms with E-state index in [1.807, 2.05) is 30.3 Å². The fraction of sp³-hybridized carbons (Fsp3) is 0.143. The number of aromatic nitrogens is 1. The lowest BCUT2D eigenvalue weighted by Gasteiger charge is -2.10. The predicted octanol–water partition coefficient (Wildman–Crippen LogP) is 3.20. The number of benzene rings is 1. The van der Waals surface area contributed by atoms with Crippen LogP contribution in [0.15, 0.2) is 36.4 Å². The summed E-state index contributed by atoms with van der Waals surface area (Å²) in [5.74, 6) is -0.346. The van der Waals surface area contributed by atoms with Crippen LogP contribution >= 0.6 is 11.6 Å². The molecule has 2 aromatic rings. The van der Waals surface area contributed by atoms with E-state index in [1.54, 1.807) is 0 Å². The Kier molecular flexibility index (Phi) is 4.02. The molecule has 0 saturated heterocycles. The Morgan fingerprint density at radius 1 is 1.21 bits per heavy atom. The summed E-state index contributed by atoms with van der Waals surface area (Å²) in [6, 6.07) is 10.9. The Morgan fingerprint density at radius 2 is 1.89 bits per heavy atom. The quantitative estimate of drug-likeness (QED) is 0.809. The van der Waals surface area contributed by atoms with E-state index < -0.39 is 5.97 Å². The van der Waals surface area contributed by atoms with E-state index in [4.69, 9.17) is 16.3 Å². The van der Waals surface area contributed by atoms with Crippen LogP contribution in [-0.4, -0.2) is 25.2 Å². The number of methoxy groups -OCH3 is 2. The van der Waals surface area contributed by atoms with Gasteiger partial charge in [0.1, 0.15) is 5.56 Å². The molecule has 0 radical (unpaired) electrons. The summed E-state index contributed by atoms with van der Waals surface area (Å²) in [5, 5.41) is 0.368. The van der Waals surface area contributed by atoms with Crippen LogP contribution in [0.4, 0.5) is 0 Å². The van der Waals surface area contributed by atoms with Gasteiger partial charge in [-0.3, -0.25) is 0 Å². The van der Waals surface area contributed by atoms with Crippen LogP contribution in [-0.2, 0) is 4.74 Å². The maximum atomic E-state index is 11.6. The summed E-state index contributed by atoms with van der Waals surface area (Å²) >= 11 is 6.17. The van der Waals surface area contributed by atoms with Crippen LogP contribution in [0.25, 0.3) is 11.3 Å². The fourth-order valence-electron chi connectivity index (χ4n) is 1.68. The normalized spacial score (nSPS) is 10.1. The van der Waals surface area contributed by atoms with Crippen LogP contribution in [0.3, 0.4) is 0 Å². The van der Waals surface area contributed by atoms with E-state index in [-0.39, 0.29) is 11.4 Å². The van der Waals surface area contributed by atoms with Crippen molar-refractivity contribution in [3.8, 4) is 17.1 Å². The molecule has 1 heterocycles. The average Bonchev–Trinajstić information content (AvgIpc) is 2.47. The molecule has 98 valence electrons. The van der Waals surface area contributed by atoms with E-state index >= 15 is 0 Å². The highest BCUT2D eigenvalue weighted by atomic mass is 35.5. The maximum Gasteiger partial charge on any atom is 0.343 e. The van der Waals surface area contributed by atoms with E-state index in [0.717, 1.165) is 5.56 Å². The van der Waals surface area contributed by atoms with E-state index in [9.17, 15) is 4.79 Å². The third-order valence-electron chi connectivity index (χ3n) is 2.59. The number of esters is 1. The van der Waals surface area contributed by atoms with Crippen molar-refractivity contribution in [3.63, 3.8) is 0 Å². The smallest absolute Gasteiger partial charge is 0.343 e. The summed E-state index contributed by atoms with van der Waals surface area (Å²) in [6.07, 6.45) is 0. The predicted molar refractivity (Wildman–Crippen MR) is 72.6 cm³/mol. The number of ether oxygens (including phenoxy) is 2. The van der Waals surface area contributed by atoms with Gasteiger partial charge in [-0.2, -0.15) is 0 Å². The van der Waals surface area contributed by atoms with E-state index in [2.05, 4.69) is 9.72 Å². The summed E-state index contributed by atoms with van der Waals surface area (Å²) in [6.45, 7) is 0. The SMILES string of the molecule is COC(=O)c1cc(Cl)c(-c2ccccc2)nc1OC. The number of hydrogen-bond acceptors (Lipinski definition) is 4. The van der Waals surface area contributed by atoms with Gasteiger partial charge >= 0.3 is 5.97 Å². The molecule has 0 spiro atoms. The monoisotopic (exact) mass is 277 g/mol. The molecule has 0 fully saturated rings. The van der Waals surface area contributed by atoms with Crippen molar-refractivity contribution in [3.05, 3.63) is 47.0 Å². The van der Waals surface area contributed by atoms with Gasteiger partial charge in [-0.15, -0.1) is 0 Å². The highest BCUT2D eigenvalue weighted by Crippen LogP contribution is 2.31. The van der Waals surface area contributed by atoms with Crippen molar-refractivity contribution >= 4 is 17.6 Å². The van der Waals surface area contributed by atoms with Crippen LogP contribution < -0.4 is 4.74 Å². The zero-order valence-corrected chi connectivity index (χ0v) is 11.3. The molecule has 1 aromatic carbocycles. The third-order valence-corrected chi connectivity index (χ3v) is 2.88. The average molecular weight is 278 g/mol. The molecule has 4 nitrogen and oxygen atoms in total. The van der Waals surface area contributed by atoms with Gasteiger partial charge in [0, 0.05) is 5.56 Å². The van der Waals surface area contributed by atoms with Crippen molar-refractivity contribution in [2.24, 2.45) is 0 Å². The van der Waals surface area contributed by atoms with Crippen molar-refractivity contribution in [1.29, 1.82) is 0 Å². The van der Waals surface area contributed by atoms with Crippen LogP contribution in [0.2, 0.25) is 5.02 Å². The molecule has 0 amide bonds. The van der Waals surface area contributed by atoms with Crippen molar-refractivity contribution < 1.29 is 14.3 Å². The third kappa shape index (κ3) is 2.69. The van der Waals surface area contributed by atoms with E-state index in [1.165, 1.54) is 20.3 Å². The lowest BCUT2D eigenvalue weighted by atomic mass is 10.1. The van der Waals surface area contributed by atoms with Gasteiger partial charge in [0.2, 0.25) is 5.88 Å². The second-order valence-corrected chi connectivity index (χ2v) is 4.14. The van der Waals surface area contributed by atoms with Crippen molar-refractivity contribution in [2.75, 3.05) is 14.2 Å². The Balaban J connectivity index is 2.57. The summed E-state index contributed by atoms with van der Waals surface area (Å²) in [5.41, 5.74) is 1.61. The molecule has 0 aliphatic carbocycles. The van der Waals surface area contributed by atoms with Gasteiger partial charge in [0.15, 0.2) is 0 Å².